The minimum Gasteiger partial charge on any atom is -0.480 e. The van der Waals surface area contributed by atoms with Crippen LogP contribution < -0.4 is 11.1 Å². The number of hydrogen-bond acceptors (Lipinski definition) is 4. The number of amides is 2. The molecule has 1 atom stereocenters. The molecule has 4 N–H and O–H groups in total. The lowest BCUT2D eigenvalue weighted by Crippen LogP contribution is -2.42. The molecule has 8 nitrogen and oxygen atoms in total. The highest BCUT2D eigenvalue weighted by molar-refractivity contribution is 5.95. The molecule has 116 valence electrons. The van der Waals surface area contributed by atoms with Crippen LogP contribution in [0.25, 0.3) is 0 Å². The van der Waals surface area contributed by atoms with Crippen molar-refractivity contribution in [3.63, 3.8) is 0 Å². The number of nitrogens with two attached hydrogens (primary N) is 1. The number of carbonyl (C=O) groups is 3. The van der Waals surface area contributed by atoms with Crippen LogP contribution >= 0.6 is 0 Å². The molecule has 0 saturated carbocycles. The van der Waals surface area contributed by atoms with E-state index in [0.717, 1.165) is 5.69 Å². The molecule has 0 spiro atoms. The molecule has 2 amide bonds. The highest BCUT2D eigenvalue weighted by Crippen LogP contribution is 2.07. The number of nitrogens with zero attached hydrogens (tertiary/aromatic N) is 2. The fraction of sp³-hybridized carbons (Fsp3) is 0.538. The summed E-state index contributed by atoms with van der Waals surface area (Å²) in [4.78, 5) is 34.0. The maximum atomic E-state index is 12.2. The lowest BCUT2D eigenvalue weighted by atomic mass is 10.1. The van der Waals surface area contributed by atoms with E-state index in [9.17, 15) is 14.4 Å². The van der Waals surface area contributed by atoms with Gasteiger partial charge in [-0.25, -0.2) is 4.79 Å². The van der Waals surface area contributed by atoms with E-state index in [-0.39, 0.29) is 12.8 Å². The summed E-state index contributed by atoms with van der Waals surface area (Å²) in [7, 11) is 0. The molecule has 1 aromatic heterocycles. The summed E-state index contributed by atoms with van der Waals surface area (Å²) in [6.07, 6.45) is 0.527. The second-order valence-corrected chi connectivity index (χ2v) is 4.56. The fourth-order valence-electron chi connectivity index (χ4n) is 1.84. The maximum absolute atomic E-state index is 12.2. The zero-order chi connectivity index (χ0) is 16.0. The number of carboxylic acid groups (broad SMARTS) is 1. The van der Waals surface area contributed by atoms with E-state index < -0.39 is 23.8 Å². The summed E-state index contributed by atoms with van der Waals surface area (Å²) >= 11 is 0. The van der Waals surface area contributed by atoms with E-state index in [2.05, 4.69) is 10.4 Å². The summed E-state index contributed by atoms with van der Waals surface area (Å²) in [5, 5.41) is 15.7. The van der Waals surface area contributed by atoms with Crippen molar-refractivity contribution in [3.8, 4) is 0 Å². The van der Waals surface area contributed by atoms with Crippen molar-refractivity contribution in [3.05, 3.63) is 17.5 Å². The number of hydrogen-bond donors (Lipinski definition) is 3. The minimum absolute atomic E-state index is 0.0443. The summed E-state index contributed by atoms with van der Waals surface area (Å²) in [6.45, 7) is 4.25. The molecule has 1 heterocycles. The predicted octanol–water partition coefficient (Wildman–Crippen LogP) is -0.0861. The third-order valence-electron chi connectivity index (χ3n) is 3.01. The van der Waals surface area contributed by atoms with Crippen LogP contribution in [0.1, 0.15) is 42.9 Å². The largest absolute Gasteiger partial charge is 0.480 e. The number of aryl methyl sites for hydroxylation is 2. The van der Waals surface area contributed by atoms with Gasteiger partial charge in [-0.05, 0) is 25.8 Å². The average Bonchev–Trinajstić information content (AvgIpc) is 2.86. The van der Waals surface area contributed by atoms with Crippen molar-refractivity contribution in [2.24, 2.45) is 5.73 Å². The van der Waals surface area contributed by atoms with Crippen LogP contribution in [0.3, 0.4) is 0 Å². The number of nitrogens with one attached hydrogen (secondary N) is 1. The zero-order valence-electron chi connectivity index (χ0n) is 12.1. The molecule has 0 saturated heterocycles. The lowest BCUT2D eigenvalue weighted by molar-refractivity contribution is -0.139. The molecule has 0 bridgehead atoms. The molecule has 1 unspecified atom stereocenters. The van der Waals surface area contributed by atoms with Crippen LogP contribution in [-0.2, 0) is 22.6 Å². The van der Waals surface area contributed by atoms with Crippen molar-refractivity contribution in [2.45, 2.75) is 45.7 Å². The first kappa shape index (κ1) is 16.7. The highest BCUT2D eigenvalue weighted by atomic mass is 16.4. The summed E-state index contributed by atoms with van der Waals surface area (Å²) in [6, 6.07) is 0.474. The Balaban J connectivity index is 2.83. The number of aliphatic carboxylic acids is 1. The topological polar surface area (TPSA) is 127 Å². The molecular weight excluding hydrogens is 276 g/mol. The van der Waals surface area contributed by atoms with Gasteiger partial charge in [-0.15, -0.1) is 0 Å². The molecule has 0 fully saturated rings. The van der Waals surface area contributed by atoms with Crippen LogP contribution in [-0.4, -0.2) is 38.7 Å². The molecule has 21 heavy (non-hydrogen) atoms. The van der Waals surface area contributed by atoms with Gasteiger partial charge < -0.3 is 16.2 Å². The van der Waals surface area contributed by atoms with Crippen LogP contribution in [0.2, 0.25) is 0 Å². The van der Waals surface area contributed by atoms with Gasteiger partial charge in [-0.3, -0.25) is 14.3 Å². The Morgan fingerprint density at radius 1 is 1.43 bits per heavy atom. The Morgan fingerprint density at radius 2 is 2.10 bits per heavy atom. The fourth-order valence-corrected chi connectivity index (χ4v) is 1.84. The number of carbonyl (C=O) groups excluding carboxylic acids is 2. The van der Waals surface area contributed by atoms with E-state index in [4.69, 9.17) is 10.8 Å². The van der Waals surface area contributed by atoms with Gasteiger partial charge in [0.15, 0.2) is 0 Å². The maximum Gasteiger partial charge on any atom is 0.326 e. The Labute approximate surface area is 122 Å². The van der Waals surface area contributed by atoms with Gasteiger partial charge in [0, 0.05) is 13.0 Å². The Hall–Kier alpha value is -2.38. The lowest BCUT2D eigenvalue weighted by Gasteiger charge is -2.14. The monoisotopic (exact) mass is 296 g/mol. The van der Waals surface area contributed by atoms with Crippen LogP contribution in [0.5, 0.6) is 0 Å². The van der Waals surface area contributed by atoms with Crippen LogP contribution in [0.15, 0.2) is 6.07 Å². The Morgan fingerprint density at radius 3 is 2.57 bits per heavy atom. The van der Waals surface area contributed by atoms with Gasteiger partial charge in [0.05, 0.1) is 5.69 Å². The van der Waals surface area contributed by atoms with Gasteiger partial charge in [0.25, 0.3) is 5.91 Å². The number of aromatic nitrogens is 2. The van der Waals surface area contributed by atoms with Crippen molar-refractivity contribution >= 4 is 17.8 Å². The second-order valence-electron chi connectivity index (χ2n) is 4.56. The third-order valence-corrected chi connectivity index (χ3v) is 3.01. The van der Waals surface area contributed by atoms with E-state index in [0.29, 0.717) is 18.7 Å². The highest BCUT2D eigenvalue weighted by Gasteiger charge is 2.23. The van der Waals surface area contributed by atoms with Crippen LogP contribution in [0.4, 0.5) is 0 Å². The van der Waals surface area contributed by atoms with Gasteiger partial charge in [0.1, 0.15) is 11.7 Å². The molecule has 0 aliphatic heterocycles. The summed E-state index contributed by atoms with van der Waals surface area (Å²) in [5.74, 6) is -2.34. The van der Waals surface area contributed by atoms with Crippen molar-refractivity contribution in [2.75, 3.05) is 0 Å². The first-order valence-electron chi connectivity index (χ1n) is 6.77. The van der Waals surface area contributed by atoms with Crippen molar-refractivity contribution in [1.29, 1.82) is 0 Å². The number of rotatable bonds is 8. The third kappa shape index (κ3) is 4.59. The first-order chi connectivity index (χ1) is 9.88. The van der Waals surface area contributed by atoms with Gasteiger partial charge in [-0.2, -0.15) is 5.10 Å². The first-order valence-corrected chi connectivity index (χ1v) is 6.77. The SMILES string of the molecule is CCc1cc(C(=O)NC(CCC(N)=O)C(=O)O)n(CC)n1. The van der Waals surface area contributed by atoms with Gasteiger partial charge >= 0.3 is 5.97 Å². The number of carboxylic acids is 1. The zero-order valence-corrected chi connectivity index (χ0v) is 12.1. The molecule has 8 heteroatoms. The second kappa shape index (κ2) is 7.41. The van der Waals surface area contributed by atoms with E-state index >= 15 is 0 Å². The molecular formula is C13H20N4O4. The van der Waals surface area contributed by atoms with E-state index in [1.165, 1.54) is 4.68 Å². The average molecular weight is 296 g/mol. The van der Waals surface area contributed by atoms with Crippen molar-refractivity contribution < 1.29 is 19.5 Å². The molecule has 0 aliphatic rings. The van der Waals surface area contributed by atoms with Gasteiger partial charge in [-0.1, -0.05) is 6.92 Å². The molecule has 1 rings (SSSR count). The van der Waals surface area contributed by atoms with E-state index in [1.54, 1.807) is 6.07 Å². The minimum atomic E-state index is -1.21. The van der Waals surface area contributed by atoms with Crippen molar-refractivity contribution in [1.82, 2.24) is 15.1 Å². The Bertz CT molecular complexity index is 538. The molecule has 1 aromatic rings. The molecule has 0 aromatic carbocycles. The Kier molecular flexibility index (Phi) is 5.89. The molecule has 0 radical (unpaired) electrons. The van der Waals surface area contributed by atoms with E-state index in [1.807, 2.05) is 13.8 Å². The smallest absolute Gasteiger partial charge is 0.326 e. The number of primary amides is 1. The standard InChI is InChI=1S/C13H20N4O4/c1-3-8-7-10(17(4-2)16-8)12(19)15-9(13(20)21)5-6-11(14)18/h7,9H,3-6H2,1-2H3,(H2,14,18)(H,15,19)(H,20,21). The predicted molar refractivity (Wildman–Crippen MR) is 74.6 cm³/mol. The van der Waals surface area contributed by atoms with Gasteiger partial charge in [0.2, 0.25) is 5.91 Å². The van der Waals surface area contributed by atoms with Crippen LogP contribution in [0, 0.1) is 0 Å². The summed E-state index contributed by atoms with van der Waals surface area (Å²) in [5.41, 5.74) is 6.05. The summed E-state index contributed by atoms with van der Waals surface area (Å²) < 4.78 is 1.52. The quantitative estimate of drug-likeness (QED) is 0.618. The normalized spacial score (nSPS) is 11.9. The molecule has 0 aliphatic carbocycles.